The zero-order valence-electron chi connectivity index (χ0n) is 15.5. The average Bonchev–Trinajstić information content (AvgIpc) is 3.03. The molecule has 6 nitrogen and oxygen atoms in total. The highest BCUT2D eigenvalue weighted by atomic mass is 16.5. The molecule has 1 aliphatic heterocycles. The van der Waals surface area contributed by atoms with Crippen LogP contribution in [0.4, 0.5) is 0 Å². The molecule has 142 valence electrons. The van der Waals surface area contributed by atoms with E-state index in [-0.39, 0.29) is 11.8 Å². The molecule has 1 aliphatic rings. The van der Waals surface area contributed by atoms with Crippen LogP contribution in [0.2, 0.25) is 0 Å². The van der Waals surface area contributed by atoms with Gasteiger partial charge in [0.2, 0.25) is 0 Å². The maximum absolute atomic E-state index is 12.5. The number of ether oxygens (including phenoxy) is 1. The van der Waals surface area contributed by atoms with Gasteiger partial charge in [0, 0.05) is 31.0 Å². The fourth-order valence-corrected chi connectivity index (χ4v) is 3.47. The molecule has 1 atom stereocenters. The van der Waals surface area contributed by atoms with Crippen LogP contribution in [0, 0.1) is 0 Å². The van der Waals surface area contributed by atoms with Crippen LogP contribution in [-0.4, -0.2) is 34.6 Å². The number of benzene rings is 1. The first kappa shape index (κ1) is 18.9. The van der Waals surface area contributed by atoms with E-state index < -0.39 is 5.60 Å². The quantitative estimate of drug-likeness (QED) is 0.657. The van der Waals surface area contributed by atoms with Gasteiger partial charge >= 0.3 is 0 Å². The minimum Gasteiger partial charge on any atom is -0.497 e. The molecule has 2 heterocycles. The number of methoxy groups -OCH3 is 1. The Balaban J connectivity index is 1.96. The average molecular weight is 367 g/mol. The summed E-state index contributed by atoms with van der Waals surface area (Å²) in [6.45, 7) is 7.92. The number of aromatic nitrogens is 2. The number of aromatic amines is 1. The van der Waals surface area contributed by atoms with Crippen LogP contribution < -0.4 is 10.1 Å². The number of imidazole rings is 1. The van der Waals surface area contributed by atoms with Crippen molar-refractivity contribution in [3.8, 4) is 5.75 Å². The Bertz CT molecular complexity index is 846. The second-order valence-corrected chi connectivity index (χ2v) is 6.82. The predicted octanol–water partition coefficient (Wildman–Crippen LogP) is 2.83. The topological polar surface area (TPSA) is 87.2 Å². The van der Waals surface area contributed by atoms with E-state index >= 15 is 0 Å². The van der Waals surface area contributed by atoms with Gasteiger partial charge in [-0.2, -0.15) is 0 Å². The third-order valence-electron chi connectivity index (χ3n) is 4.92. The number of fused-ring (bicyclic) bond motifs is 1. The summed E-state index contributed by atoms with van der Waals surface area (Å²) in [4.78, 5) is 20.1. The molecule has 0 radical (unpaired) electrons. The van der Waals surface area contributed by atoms with Crippen molar-refractivity contribution in [2.24, 2.45) is 0 Å². The third-order valence-corrected chi connectivity index (χ3v) is 4.92. The van der Waals surface area contributed by atoms with Crippen LogP contribution in [0.25, 0.3) is 0 Å². The molecule has 0 spiro atoms. The van der Waals surface area contributed by atoms with Gasteiger partial charge in [-0.1, -0.05) is 24.3 Å². The van der Waals surface area contributed by atoms with Crippen LogP contribution in [-0.2, 0) is 12.0 Å². The summed E-state index contributed by atoms with van der Waals surface area (Å²) < 4.78 is 5.31. The summed E-state index contributed by atoms with van der Waals surface area (Å²) in [5.74, 6) is 0.983. The van der Waals surface area contributed by atoms with E-state index in [9.17, 15) is 9.90 Å². The van der Waals surface area contributed by atoms with E-state index in [2.05, 4.69) is 28.4 Å². The molecule has 2 aromatic rings. The molecular formula is C21H25N3O3. The standard InChI is InChI=1S/C21H25N3O3/c1-4-9-21(26,10-5-2)20-23-17-12-15(13-22-19(25)18(17)24-20)14-7-6-8-16(11-14)27-3/h4-8,11,15,26H,1-2,9-10,12-13H2,3H3,(H,22,25)(H,23,24)/t15-/m1/s1. The molecule has 0 aliphatic carbocycles. The number of hydrogen-bond acceptors (Lipinski definition) is 4. The fourth-order valence-electron chi connectivity index (χ4n) is 3.47. The first-order chi connectivity index (χ1) is 13.0. The number of rotatable bonds is 7. The van der Waals surface area contributed by atoms with Gasteiger partial charge < -0.3 is 20.1 Å². The molecule has 6 heteroatoms. The number of hydrogen-bond donors (Lipinski definition) is 3. The third kappa shape index (κ3) is 3.80. The molecule has 3 N–H and O–H groups in total. The van der Waals surface area contributed by atoms with Gasteiger partial charge in [-0.05, 0) is 24.1 Å². The van der Waals surface area contributed by atoms with Crippen molar-refractivity contribution >= 4 is 5.91 Å². The van der Waals surface area contributed by atoms with Gasteiger partial charge in [0.05, 0.1) is 7.11 Å². The Labute approximate surface area is 159 Å². The van der Waals surface area contributed by atoms with Crippen molar-refractivity contribution in [2.75, 3.05) is 13.7 Å². The number of nitrogens with one attached hydrogen (secondary N) is 2. The maximum Gasteiger partial charge on any atom is 0.271 e. The van der Waals surface area contributed by atoms with Gasteiger partial charge in [0.1, 0.15) is 22.9 Å². The number of carbonyl (C=O) groups is 1. The van der Waals surface area contributed by atoms with Gasteiger partial charge in [-0.3, -0.25) is 4.79 Å². The predicted molar refractivity (Wildman–Crippen MR) is 104 cm³/mol. The van der Waals surface area contributed by atoms with E-state index in [0.717, 1.165) is 17.0 Å². The maximum atomic E-state index is 12.5. The molecule has 0 fully saturated rings. The highest BCUT2D eigenvalue weighted by Crippen LogP contribution is 2.31. The smallest absolute Gasteiger partial charge is 0.271 e. The largest absolute Gasteiger partial charge is 0.497 e. The van der Waals surface area contributed by atoms with Crippen LogP contribution in [0.5, 0.6) is 5.75 Å². The monoisotopic (exact) mass is 367 g/mol. The number of nitrogens with zero attached hydrogens (tertiary/aromatic N) is 1. The Morgan fingerprint density at radius 1 is 1.37 bits per heavy atom. The Hall–Kier alpha value is -2.86. The van der Waals surface area contributed by atoms with Crippen molar-refractivity contribution in [3.05, 3.63) is 72.4 Å². The van der Waals surface area contributed by atoms with Crippen LogP contribution in [0.15, 0.2) is 49.6 Å². The molecule has 3 rings (SSSR count). The second kappa shape index (κ2) is 7.80. The minimum absolute atomic E-state index is 0.0745. The summed E-state index contributed by atoms with van der Waals surface area (Å²) >= 11 is 0. The summed E-state index contributed by atoms with van der Waals surface area (Å²) in [5, 5.41) is 13.9. The SMILES string of the molecule is C=CCC(O)(CC=C)c1nc2c([nH]1)C[C@@H](c1cccc(OC)c1)CNC2=O. The molecular weight excluding hydrogens is 342 g/mol. The molecule has 1 amide bonds. The molecule has 1 aromatic heterocycles. The van der Waals surface area contributed by atoms with Crippen molar-refractivity contribution in [2.45, 2.75) is 30.8 Å². The van der Waals surface area contributed by atoms with Gasteiger partial charge in [0.25, 0.3) is 5.91 Å². The molecule has 27 heavy (non-hydrogen) atoms. The first-order valence-electron chi connectivity index (χ1n) is 8.96. The van der Waals surface area contributed by atoms with E-state index in [4.69, 9.17) is 4.74 Å². The van der Waals surface area contributed by atoms with E-state index in [1.54, 1.807) is 19.3 Å². The Morgan fingerprint density at radius 2 is 2.11 bits per heavy atom. The molecule has 0 bridgehead atoms. The van der Waals surface area contributed by atoms with Gasteiger partial charge in [-0.15, -0.1) is 13.2 Å². The Kier molecular flexibility index (Phi) is 5.46. The van der Waals surface area contributed by atoms with Crippen molar-refractivity contribution in [1.29, 1.82) is 0 Å². The number of carbonyl (C=O) groups excluding carboxylic acids is 1. The summed E-state index contributed by atoms with van der Waals surface area (Å²) in [6.07, 6.45) is 4.50. The summed E-state index contributed by atoms with van der Waals surface area (Å²) in [6, 6.07) is 7.83. The first-order valence-corrected chi connectivity index (χ1v) is 8.96. The second-order valence-electron chi connectivity index (χ2n) is 6.82. The minimum atomic E-state index is -1.25. The van der Waals surface area contributed by atoms with Crippen LogP contribution >= 0.6 is 0 Å². The van der Waals surface area contributed by atoms with Crippen LogP contribution in [0.3, 0.4) is 0 Å². The number of aliphatic hydroxyl groups is 1. The van der Waals surface area contributed by atoms with Gasteiger partial charge in [0.15, 0.2) is 0 Å². The van der Waals surface area contributed by atoms with Crippen LogP contribution in [0.1, 0.15) is 46.3 Å². The summed E-state index contributed by atoms with van der Waals surface area (Å²) in [7, 11) is 1.63. The van der Waals surface area contributed by atoms with E-state index in [0.29, 0.717) is 37.3 Å². The molecule has 0 unspecified atom stereocenters. The van der Waals surface area contributed by atoms with E-state index in [1.807, 2.05) is 24.3 Å². The Morgan fingerprint density at radius 3 is 2.78 bits per heavy atom. The number of H-pyrrole nitrogens is 1. The van der Waals surface area contributed by atoms with E-state index in [1.165, 1.54) is 0 Å². The lowest BCUT2D eigenvalue weighted by atomic mass is 9.94. The van der Waals surface area contributed by atoms with Gasteiger partial charge in [-0.25, -0.2) is 4.98 Å². The van der Waals surface area contributed by atoms with Crippen molar-refractivity contribution in [1.82, 2.24) is 15.3 Å². The lowest BCUT2D eigenvalue weighted by molar-refractivity contribution is 0.0343. The van der Waals surface area contributed by atoms with Crippen molar-refractivity contribution in [3.63, 3.8) is 0 Å². The fraction of sp³-hybridized carbons (Fsp3) is 0.333. The zero-order chi connectivity index (χ0) is 19.4. The lowest BCUT2D eigenvalue weighted by Gasteiger charge is -2.23. The lowest BCUT2D eigenvalue weighted by Crippen LogP contribution is -2.28. The highest BCUT2D eigenvalue weighted by molar-refractivity contribution is 5.94. The molecule has 0 saturated carbocycles. The normalized spacial score (nSPS) is 16.8. The number of amides is 1. The summed E-state index contributed by atoms with van der Waals surface area (Å²) in [5.41, 5.74) is 0.883. The molecule has 0 saturated heterocycles. The van der Waals surface area contributed by atoms with Crippen molar-refractivity contribution < 1.29 is 14.6 Å². The highest BCUT2D eigenvalue weighted by Gasteiger charge is 2.34. The zero-order valence-corrected chi connectivity index (χ0v) is 15.5. The molecule has 1 aromatic carbocycles.